The highest BCUT2D eigenvalue weighted by Crippen LogP contribution is 2.32. The van der Waals surface area contributed by atoms with Gasteiger partial charge in [0, 0.05) is 23.5 Å². The van der Waals surface area contributed by atoms with E-state index in [-0.39, 0.29) is 0 Å². The first-order chi connectivity index (χ1) is 8.93. The van der Waals surface area contributed by atoms with Crippen LogP contribution in [0.2, 0.25) is 0 Å². The molecule has 0 saturated heterocycles. The molecular formula is C16H12N2. The van der Waals surface area contributed by atoms with Crippen molar-refractivity contribution in [2.45, 2.75) is 0 Å². The summed E-state index contributed by atoms with van der Waals surface area (Å²) in [5.74, 6) is 0. The van der Waals surface area contributed by atoms with Gasteiger partial charge in [-0.3, -0.25) is 0 Å². The van der Waals surface area contributed by atoms with E-state index >= 15 is 0 Å². The molecule has 0 saturated carbocycles. The standard InChI is InChI=1S/C16H12N2/c1-3-11-7-9-17-15(11)13(5-1)14-6-2-4-12-8-10-18-16(12)14/h1-10,17-18H. The Balaban J connectivity index is 2.13. The molecule has 0 amide bonds. The highest BCUT2D eigenvalue weighted by molar-refractivity contribution is 6.02. The van der Waals surface area contributed by atoms with Crippen LogP contribution in [0.5, 0.6) is 0 Å². The Morgan fingerprint density at radius 1 is 0.556 bits per heavy atom. The molecule has 2 heterocycles. The van der Waals surface area contributed by atoms with Crippen LogP contribution in [0, 0.1) is 0 Å². The summed E-state index contributed by atoms with van der Waals surface area (Å²) in [6, 6.07) is 17.0. The van der Waals surface area contributed by atoms with Crippen molar-refractivity contribution >= 4 is 21.8 Å². The molecule has 0 unspecified atom stereocenters. The third-order valence-corrected chi connectivity index (χ3v) is 3.46. The average molecular weight is 232 g/mol. The maximum Gasteiger partial charge on any atom is 0.0534 e. The van der Waals surface area contributed by atoms with E-state index in [9.17, 15) is 0 Å². The molecule has 18 heavy (non-hydrogen) atoms. The van der Waals surface area contributed by atoms with Crippen LogP contribution in [0.25, 0.3) is 32.9 Å². The van der Waals surface area contributed by atoms with E-state index in [0.29, 0.717) is 0 Å². The molecule has 0 fully saturated rings. The van der Waals surface area contributed by atoms with Crippen molar-refractivity contribution in [2.75, 3.05) is 0 Å². The van der Waals surface area contributed by atoms with Crippen LogP contribution >= 0.6 is 0 Å². The summed E-state index contributed by atoms with van der Waals surface area (Å²) in [4.78, 5) is 6.66. The van der Waals surface area contributed by atoms with Crippen LogP contribution in [-0.4, -0.2) is 9.97 Å². The van der Waals surface area contributed by atoms with Crippen molar-refractivity contribution in [2.24, 2.45) is 0 Å². The summed E-state index contributed by atoms with van der Waals surface area (Å²) in [7, 11) is 0. The average Bonchev–Trinajstić information content (AvgIpc) is 3.06. The number of fused-ring (bicyclic) bond motifs is 2. The zero-order valence-electron chi connectivity index (χ0n) is 9.77. The van der Waals surface area contributed by atoms with Gasteiger partial charge in [0.25, 0.3) is 0 Å². The van der Waals surface area contributed by atoms with Crippen molar-refractivity contribution < 1.29 is 0 Å². The van der Waals surface area contributed by atoms with Crippen LogP contribution in [0.1, 0.15) is 0 Å². The van der Waals surface area contributed by atoms with Gasteiger partial charge in [-0.05, 0) is 22.9 Å². The quantitative estimate of drug-likeness (QED) is 0.490. The Morgan fingerprint density at radius 2 is 1.06 bits per heavy atom. The van der Waals surface area contributed by atoms with E-state index in [1.165, 1.54) is 32.9 Å². The minimum Gasteiger partial charge on any atom is -0.361 e. The van der Waals surface area contributed by atoms with Gasteiger partial charge in [0.05, 0.1) is 11.0 Å². The second-order valence-electron chi connectivity index (χ2n) is 4.49. The van der Waals surface area contributed by atoms with E-state index in [1.807, 2.05) is 12.4 Å². The summed E-state index contributed by atoms with van der Waals surface area (Å²) in [5, 5.41) is 2.49. The number of hydrogen-bond donors (Lipinski definition) is 2. The molecule has 2 aromatic carbocycles. The van der Waals surface area contributed by atoms with Crippen molar-refractivity contribution in [1.82, 2.24) is 9.97 Å². The Bertz CT molecular complexity index is 764. The fraction of sp³-hybridized carbons (Fsp3) is 0. The zero-order valence-corrected chi connectivity index (χ0v) is 9.77. The molecular weight excluding hydrogens is 220 g/mol. The minimum atomic E-state index is 1.19. The summed E-state index contributed by atoms with van der Waals surface area (Å²) in [6.07, 6.45) is 3.98. The number of hydrogen-bond acceptors (Lipinski definition) is 0. The SMILES string of the molecule is c1cc(-c2cccc3cc[nH]c23)c2[nH]ccc2c1. The maximum atomic E-state index is 3.33. The zero-order chi connectivity index (χ0) is 11.9. The van der Waals surface area contributed by atoms with E-state index in [0.717, 1.165) is 0 Å². The predicted octanol–water partition coefficient (Wildman–Crippen LogP) is 4.32. The molecule has 2 nitrogen and oxygen atoms in total. The van der Waals surface area contributed by atoms with Crippen molar-refractivity contribution in [1.29, 1.82) is 0 Å². The van der Waals surface area contributed by atoms with Gasteiger partial charge in [-0.25, -0.2) is 0 Å². The molecule has 2 heteroatoms. The number of nitrogens with one attached hydrogen (secondary N) is 2. The lowest BCUT2D eigenvalue weighted by atomic mass is 10.0. The van der Waals surface area contributed by atoms with Crippen LogP contribution in [0.15, 0.2) is 60.9 Å². The third-order valence-electron chi connectivity index (χ3n) is 3.46. The predicted molar refractivity (Wildman–Crippen MR) is 75.6 cm³/mol. The van der Waals surface area contributed by atoms with Gasteiger partial charge in [-0.2, -0.15) is 0 Å². The van der Waals surface area contributed by atoms with E-state index in [2.05, 4.69) is 58.5 Å². The van der Waals surface area contributed by atoms with Gasteiger partial charge in [-0.15, -0.1) is 0 Å². The van der Waals surface area contributed by atoms with Crippen LogP contribution in [0.3, 0.4) is 0 Å². The number of para-hydroxylation sites is 2. The van der Waals surface area contributed by atoms with Gasteiger partial charge >= 0.3 is 0 Å². The fourth-order valence-corrected chi connectivity index (χ4v) is 2.62. The second kappa shape index (κ2) is 3.50. The van der Waals surface area contributed by atoms with Crippen molar-refractivity contribution in [3.8, 4) is 11.1 Å². The highest BCUT2D eigenvalue weighted by atomic mass is 14.7. The minimum absolute atomic E-state index is 1.19. The van der Waals surface area contributed by atoms with Gasteiger partial charge in [0.15, 0.2) is 0 Å². The van der Waals surface area contributed by atoms with Crippen molar-refractivity contribution in [3.63, 3.8) is 0 Å². The largest absolute Gasteiger partial charge is 0.361 e. The first kappa shape index (κ1) is 9.54. The van der Waals surface area contributed by atoms with Crippen LogP contribution in [0.4, 0.5) is 0 Å². The smallest absolute Gasteiger partial charge is 0.0534 e. The summed E-state index contributed by atoms with van der Waals surface area (Å²) >= 11 is 0. The summed E-state index contributed by atoms with van der Waals surface area (Å²) in [5.41, 5.74) is 4.87. The van der Waals surface area contributed by atoms with Crippen molar-refractivity contribution in [3.05, 3.63) is 60.9 Å². The molecule has 2 N–H and O–H groups in total. The molecule has 0 bridgehead atoms. The normalized spacial score (nSPS) is 11.3. The van der Waals surface area contributed by atoms with E-state index in [4.69, 9.17) is 0 Å². The molecule has 2 aromatic heterocycles. The molecule has 86 valence electrons. The fourth-order valence-electron chi connectivity index (χ4n) is 2.62. The molecule has 0 aliphatic heterocycles. The van der Waals surface area contributed by atoms with Gasteiger partial charge < -0.3 is 9.97 Å². The van der Waals surface area contributed by atoms with Gasteiger partial charge in [0.1, 0.15) is 0 Å². The van der Waals surface area contributed by atoms with Crippen LogP contribution < -0.4 is 0 Å². The lowest BCUT2D eigenvalue weighted by Crippen LogP contribution is -1.82. The number of benzene rings is 2. The maximum absolute atomic E-state index is 3.33. The Hall–Kier alpha value is -2.48. The van der Waals surface area contributed by atoms with E-state index < -0.39 is 0 Å². The Kier molecular flexibility index (Phi) is 1.86. The number of rotatable bonds is 1. The monoisotopic (exact) mass is 232 g/mol. The first-order valence-corrected chi connectivity index (χ1v) is 6.06. The molecule has 0 aliphatic rings. The van der Waals surface area contributed by atoms with Crippen LogP contribution in [-0.2, 0) is 0 Å². The number of H-pyrrole nitrogens is 2. The third kappa shape index (κ3) is 1.23. The highest BCUT2D eigenvalue weighted by Gasteiger charge is 2.08. The number of aromatic nitrogens is 2. The first-order valence-electron chi connectivity index (χ1n) is 6.06. The molecule has 4 rings (SSSR count). The lowest BCUT2D eigenvalue weighted by Gasteiger charge is -2.05. The summed E-state index contributed by atoms with van der Waals surface area (Å²) in [6.45, 7) is 0. The topological polar surface area (TPSA) is 31.6 Å². The molecule has 0 spiro atoms. The Labute approximate surface area is 104 Å². The van der Waals surface area contributed by atoms with Gasteiger partial charge in [-0.1, -0.05) is 36.4 Å². The second-order valence-corrected chi connectivity index (χ2v) is 4.49. The summed E-state index contributed by atoms with van der Waals surface area (Å²) < 4.78 is 0. The Morgan fingerprint density at radius 3 is 1.56 bits per heavy atom. The number of aromatic amines is 2. The molecule has 0 atom stereocenters. The van der Waals surface area contributed by atoms with E-state index in [1.54, 1.807) is 0 Å². The molecule has 0 aliphatic carbocycles. The molecule has 4 aromatic rings. The molecule has 0 radical (unpaired) electrons. The van der Waals surface area contributed by atoms with Gasteiger partial charge in [0.2, 0.25) is 0 Å². The lowest BCUT2D eigenvalue weighted by molar-refractivity contribution is 1.46.